The standard InChI is InChI=1S/C13H17ClF3N3/c1-3-4-10-18-11(14)8(2)12(19-10)20(9-5-6-9)7-13(15,16)17/h9H,3-7H2,1-2H3. The highest BCUT2D eigenvalue weighted by molar-refractivity contribution is 6.30. The zero-order valence-corrected chi connectivity index (χ0v) is 12.2. The Balaban J connectivity index is 2.36. The van der Waals surface area contributed by atoms with Gasteiger partial charge in [-0.1, -0.05) is 18.5 Å². The van der Waals surface area contributed by atoms with Gasteiger partial charge in [0.2, 0.25) is 0 Å². The van der Waals surface area contributed by atoms with Crippen LogP contribution in [-0.4, -0.2) is 28.7 Å². The van der Waals surface area contributed by atoms with Gasteiger partial charge in [-0.15, -0.1) is 0 Å². The topological polar surface area (TPSA) is 29.0 Å². The Kier molecular flexibility index (Phi) is 4.42. The molecule has 0 aliphatic heterocycles. The molecule has 0 aromatic carbocycles. The maximum absolute atomic E-state index is 12.7. The molecule has 1 saturated carbocycles. The molecule has 0 atom stereocenters. The highest BCUT2D eigenvalue weighted by Gasteiger charge is 2.39. The maximum atomic E-state index is 12.7. The van der Waals surface area contributed by atoms with Crippen LogP contribution in [0.25, 0.3) is 0 Å². The van der Waals surface area contributed by atoms with Gasteiger partial charge < -0.3 is 4.90 Å². The lowest BCUT2D eigenvalue weighted by molar-refractivity contribution is -0.120. The summed E-state index contributed by atoms with van der Waals surface area (Å²) in [6.45, 7) is 2.64. The molecular weight excluding hydrogens is 291 g/mol. The van der Waals surface area contributed by atoms with Crippen LogP contribution >= 0.6 is 11.6 Å². The molecular formula is C13H17ClF3N3. The summed E-state index contributed by atoms with van der Waals surface area (Å²) >= 11 is 6.04. The SMILES string of the molecule is CCCc1nc(Cl)c(C)c(N(CC(F)(F)F)C2CC2)n1. The number of alkyl halides is 3. The second kappa shape index (κ2) is 5.76. The average Bonchev–Trinajstić information content (AvgIpc) is 3.14. The summed E-state index contributed by atoms with van der Waals surface area (Å²) in [4.78, 5) is 9.75. The first-order chi connectivity index (χ1) is 9.31. The van der Waals surface area contributed by atoms with Gasteiger partial charge in [0.1, 0.15) is 23.3 Å². The lowest BCUT2D eigenvalue weighted by Gasteiger charge is -2.26. The minimum absolute atomic E-state index is 0.0873. The van der Waals surface area contributed by atoms with Crippen LogP contribution in [0.1, 0.15) is 37.6 Å². The van der Waals surface area contributed by atoms with Gasteiger partial charge in [0.15, 0.2) is 0 Å². The van der Waals surface area contributed by atoms with Crippen LogP contribution in [0.15, 0.2) is 0 Å². The fraction of sp³-hybridized carbons (Fsp3) is 0.692. The molecule has 1 aliphatic carbocycles. The zero-order valence-electron chi connectivity index (χ0n) is 11.5. The van der Waals surface area contributed by atoms with Crippen molar-refractivity contribution in [3.8, 4) is 0 Å². The quantitative estimate of drug-likeness (QED) is 0.772. The fourth-order valence-electron chi connectivity index (χ4n) is 2.09. The highest BCUT2D eigenvalue weighted by Crippen LogP contribution is 2.36. The lowest BCUT2D eigenvalue weighted by Crippen LogP contribution is -2.37. The van der Waals surface area contributed by atoms with Gasteiger partial charge in [0.25, 0.3) is 0 Å². The summed E-state index contributed by atoms with van der Waals surface area (Å²) in [6.07, 6.45) is -1.29. The number of hydrogen-bond acceptors (Lipinski definition) is 3. The number of hydrogen-bond donors (Lipinski definition) is 0. The van der Waals surface area contributed by atoms with Crippen molar-refractivity contribution >= 4 is 17.4 Å². The maximum Gasteiger partial charge on any atom is 0.405 e. The highest BCUT2D eigenvalue weighted by atomic mass is 35.5. The van der Waals surface area contributed by atoms with E-state index in [9.17, 15) is 13.2 Å². The van der Waals surface area contributed by atoms with Gasteiger partial charge >= 0.3 is 6.18 Å². The molecule has 0 N–H and O–H groups in total. The normalized spacial score (nSPS) is 15.5. The van der Waals surface area contributed by atoms with Crippen molar-refractivity contribution in [2.75, 3.05) is 11.4 Å². The van der Waals surface area contributed by atoms with E-state index in [2.05, 4.69) is 9.97 Å². The molecule has 1 aliphatic rings. The van der Waals surface area contributed by atoms with Crippen molar-refractivity contribution in [2.24, 2.45) is 0 Å². The molecule has 7 heteroatoms. The number of halogens is 4. The van der Waals surface area contributed by atoms with Gasteiger partial charge in [-0.3, -0.25) is 0 Å². The van der Waals surface area contributed by atoms with Crippen molar-refractivity contribution in [2.45, 2.75) is 51.7 Å². The molecule has 0 amide bonds. The van der Waals surface area contributed by atoms with E-state index in [0.717, 1.165) is 19.3 Å². The van der Waals surface area contributed by atoms with E-state index < -0.39 is 12.7 Å². The summed E-state index contributed by atoms with van der Waals surface area (Å²) < 4.78 is 38.2. The van der Waals surface area contributed by atoms with Crippen LogP contribution in [0.3, 0.4) is 0 Å². The van der Waals surface area contributed by atoms with Crippen LogP contribution in [0.4, 0.5) is 19.0 Å². The van der Waals surface area contributed by atoms with Crippen molar-refractivity contribution < 1.29 is 13.2 Å². The molecule has 112 valence electrons. The molecule has 0 bridgehead atoms. The van der Waals surface area contributed by atoms with Crippen LogP contribution < -0.4 is 4.90 Å². The number of nitrogens with zero attached hydrogens (tertiary/aromatic N) is 3. The number of aryl methyl sites for hydroxylation is 1. The minimum Gasteiger partial charge on any atom is -0.344 e. The van der Waals surface area contributed by atoms with Gasteiger partial charge in [-0.25, -0.2) is 9.97 Å². The first kappa shape index (κ1) is 15.4. The molecule has 2 rings (SSSR count). The fourth-order valence-corrected chi connectivity index (χ4v) is 2.27. The Hall–Kier alpha value is -1.04. The molecule has 3 nitrogen and oxygen atoms in total. The summed E-state index contributed by atoms with van der Waals surface area (Å²) in [5.74, 6) is 0.833. The molecule has 1 fully saturated rings. The predicted molar refractivity (Wildman–Crippen MR) is 72.2 cm³/mol. The van der Waals surface area contributed by atoms with Crippen LogP contribution in [-0.2, 0) is 6.42 Å². The Morgan fingerprint density at radius 2 is 1.95 bits per heavy atom. The third-order valence-corrected chi connectivity index (χ3v) is 3.56. The van der Waals surface area contributed by atoms with Crippen molar-refractivity contribution in [3.63, 3.8) is 0 Å². The van der Waals surface area contributed by atoms with E-state index >= 15 is 0 Å². The van der Waals surface area contributed by atoms with Crippen molar-refractivity contribution in [1.29, 1.82) is 0 Å². The van der Waals surface area contributed by atoms with Crippen molar-refractivity contribution in [3.05, 3.63) is 16.5 Å². The molecule has 1 heterocycles. The number of anilines is 1. The summed E-state index contributed by atoms with van der Waals surface area (Å²) in [5, 5.41) is 0.242. The predicted octanol–water partition coefficient (Wildman–Crippen LogP) is 3.92. The van der Waals surface area contributed by atoms with Crippen molar-refractivity contribution in [1.82, 2.24) is 9.97 Å². The second-order valence-corrected chi connectivity index (χ2v) is 5.46. The summed E-state index contributed by atoms with van der Waals surface area (Å²) in [6, 6.07) is -0.0873. The van der Waals surface area contributed by atoms with Crippen LogP contribution in [0.2, 0.25) is 5.15 Å². The molecule has 0 spiro atoms. The summed E-state index contributed by atoms with van der Waals surface area (Å²) in [7, 11) is 0. The first-order valence-electron chi connectivity index (χ1n) is 6.68. The molecule has 0 radical (unpaired) electrons. The summed E-state index contributed by atoms with van der Waals surface area (Å²) in [5.41, 5.74) is 0.516. The van der Waals surface area contributed by atoms with E-state index in [0.29, 0.717) is 23.6 Å². The smallest absolute Gasteiger partial charge is 0.344 e. The molecule has 20 heavy (non-hydrogen) atoms. The van der Waals surface area contributed by atoms with Crippen LogP contribution in [0.5, 0.6) is 0 Å². The van der Waals surface area contributed by atoms with Gasteiger partial charge in [-0.05, 0) is 26.2 Å². The number of rotatable bonds is 5. The average molecular weight is 308 g/mol. The van der Waals surface area contributed by atoms with E-state index in [4.69, 9.17) is 11.6 Å². The van der Waals surface area contributed by atoms with E-state index in [-0.39, 0.29) is 11.2 Å². The largest absolute Gasteiger partial charge is 0.405 e. The third kappa shape index (κ3) is 3.75. The van der Waals surface area contributed by atoms with E-state index in [1.54, 1.807) is 6.92 Å². The third-order valence-electron chi connectivity index (χ3n) is 3.19. The Labute approximate surface area is 121 Å². The Morgan fingerprint density at radius 3 is 2.45 bits per heavy atom. The second-order valence-electron chi connectivity index (χ2n) is 5.10. The Morgan fingerprint density at radius 1 is 1.30 bits per heavy atom. The van der Waals surface area contributed by atoms with Gasteiger partial charge in [0, 0.05) is 18.0 Å². The zero-order chi connectivity index (χ0) is 14.9. The van der Waals surface area contributed by atoms with E-state index in [1.165, 1.54) is 4.90 Å². The molecule has 1 aromatic heterocycles. The monoisotopic (exact) mass is 307 g/mol. The lowest BCUT2D eigenvalue weighted by atomic mass is 10.2. The van der Waals surface area contributed by atoms with Gasteiger partial charge in [0.05, 0.1) is 0 Å². The molecule has 1 aromatic rings. The molecule has 0 unspecified atom stereocenters. The Bertz CT molecular complexity index is 486. The van der Waals surface area contributed by atoms with Crippen LogP contribution in [0, 0.1) is 6.92 Å². The van der Waals surface area contributed by atoms with Gasteiger partial charge in [-0.2, -0.15) is 13.2 Å². The first-order valence-corrected chi connectivity index (χ1v) is 7.06. The number of aromatic nitrogens is 2. The molecule has 0 saturated heterocycles. The minimum atomic E-state index is -4.25. The van der Waals surface area contributed by atoms with E-state index in [1.807, 2.05) is 6.92 Å².